The zero-order valence-corrected chi connectivity index (χ0v) is 10.3. The molecule has 5 heteroatoms. The number of carbonyl (C=O) groups excluding carboxylic acids is 1. The quantitative estimate of drug-likeness (QED) is 0.839. The fourth-order valence-electron chi connectivity index (χ4n) is 1.78. The Balaban J connectivity index is 0.00000128. The van der Waals surface area contributed by atoms with Crippen molar-refractivity contribution in [3.8, 4) is 0 Å². The van der Waals surface area contributed by atoms with Crippen molar-refractivity contribution in [2.75, 3.05) is 13.1 Å². The van der Waals surface area contributed by atoms with Crippen LogP contribution in [0.5, 0.6) is 0 Å². The molecule has 0 saturated carbocycles. The van der Waals surface area contributed by atoms with E-state index in [0.29, 0.717) is 17.1 Å². The normalized spacial score (nSPS) is 19.4. The fourth-order valence-corrected chi connectivity index (χ4v) is 1.99. The van der Waals surface area contributed by atoms with Crippen LogP contribution in [0.3, 0.4) is 0 Å². The highest BCUT2D eigenvalue weighted by Gasteiger charge is 2.25. The van der Waals surface area contributed by atoms with Gasteiger partial charge >= 0.3 is 0 Å². The number of nitrogens with zero attached hydrogens (tertiary/aromatic N) is 1. The Bertz CT molecular complexity index is 384. The van der Waals surface area contributed by atoms with Gasteiger partial charge in [0.2, 0.25) is 0 Å². The molecule has 1 aromatic carbocycles. The van der Waals surface area contributed by atoms with Gasteiger partial charge in [-0.05, 0) is 18.6 Å². The molecule has 1 unspecified atom stereocenters. The van der Waals surface area contributed by atoms with Gasteiger partial charge in [0.1, 0.15) is 0 Å². The van der Waals surface area contributed by atoms with Crippen LogP contribution in [0.15, 0.2) is 24.3 Å². The Morgan fingerprint density at radius 3 is 2.69 bits per heavy atom. The van der Waals surface area contributed by atoms with Gasteiger partial charge in [-0.3, -0.25) is 4.79 Å². The van der Waals surface area contributed by atoms with E-state index >= 15 is 0 Å². The van der Waals surface area contributed by atoms with Crippen molar-refractivity contribution in [2.45, 2.75) is 12.5 Å². The molecule has 1 saturated heterocycles. The summed E-state index contributed by atoms with van der Waals surface area (Å²) in [6.07, 6.45) is 0.871. The van der Waals surface area contributed by atoms with Crippen LogP contribution in [-0.2, 0) is 0 Å². The first-order chi connectivity index (χ1) is 7.18. The molecule has 3 nitrogen and oxygen atoms in total. The second-order valence-electron chi connectivity index (χ2n) is 3.78. The van der Waals surface area contributed by atoms with E-state index in [1.54, 1.807) is 17.0 Å². The largest absolute Gasteiger partial charge is 0.337 e. The molecule has 0 bridgehead atoms. The number of benzene rings is 1. The third-order valence-electron chi connectivity index (χ3n) is 2.62. The smallest absolute Gasteiger partial charge is 0.255 e. The van der Waals surface area contributed by atoms with Crippen LogP contribution in [0.4, 0.5) is 0 Å². The predicted molar refractivity (Wildman–Crippen MR) is 67.2 cm³/mol. The highest BCUT2D eigenvalue weighted by atomic mass is 35.5. The van der Waals surface area contributed by atoms with Crippen molar-refractivity contribution in [3.05, 3.63) is 34.9 Å². The molecular weight excluding hydrogens is 247 g/mol. The van der Waals surface area contributed by atoms with Gasteiger partial charge in [-0.25, -0.2) is 0 Å². The van der Waals surface area contributed by atoms with Crippen LogP contribution in [0.25, 0.3) is 0 Å². The molecular formula is C11H14Cl2N2O. The van der Waals surface area contributed by atoms with Crippen LogP contribution < -0.4 is 5.73 Å². The predicted octanol–water partition coefficient (Wildman–Crippen LogP) is 1.94. The summed E-state index contributed by atoms with van der Waals surface area (Å²) in [6.45, 7) is 1.36. The molecule has 0 radical (unpaired) electrons. The first kappa shape index (κ1) is 13.3. The first-order valence-electron chi connectivity index (χ1n) is 4.98. The summed E-state index contributed by atoms with van der Waals surface area (Å²) in [7, 11) is 0. The summed E-state index contributed by atoms with van der Waals surface area (Å²) >= 11 is 5.96. The number of likely N-dealkylation sites (tertiary alicyclic amines) is 1. The van der Waals surface area contributed by atoms with Gasteiger partial charge in [0.15, 0.2) is 0 Å². The lowest BCUT2D eigenvalue weighted by Crippen LogP contribution is -2.32. The Morgan fingerprint density at radius 1 is 1.44 bits per heavy atom. The van der Waals surface area contributed by atoms with Crippen LogP contribution >= 0.6 is 24.0 Å². The van der Waals surface area contributed by atoms with Crippen molar-refractivity contribution in [1.82, 2.24) is 4.90 Å². The standard InChI is InChI=1S/C11H13ClN2O.ClH/c12-10-4-2-1-3-9(10)11(15)14-6-5-8(13)7-14;/h1-4,8H,5-7,13H2;1H. The lowest BCUT2D eigenvalue weighted by molar-refractivity contribution is 0.0791. The van der Waals surface area contributed by atoms with Gasteiger partial charge in [-0.15, -0.1) is 12.4 Å². The van der Waals surface area contributed by atoms with Gasteiger partial charge < -0.3 is 10.6 Å². The lowest BCUT2D eigenvalue weighted by atomic mass is 10.2. The number of hydrogen-bond acceptors (Lipinski definition) is 2. The van der Waals surface area contributed by atoms with Crippen molar-refractivity contribution in [3.63, 3.8) is 0 Å². The molecule has 0 aliphatic carbocycles. The average molecular weight is 261 g/mol. The first-order valence-corrected chi connectivity index (χ1v) is 5.35. The van der Waals surface area contributed by atoms with Gasteiger partial charge in [-0.2, -0.15) is 0 Å². The lowest BCUT2D eigenvalue weighted by Gasteiger charge is -2.16. The Labute approximate surface area is 106 Å². The van der Waals surface area contributed by atoms with Crippen LogP contribution in [-0.4, -0.2) is 29.9 Å². The molecule has 0 spiro atoms. The summed E-state index contributed by atoms with van der Waals surface area (Å²) in [5, 5.41) is 0.503. The van der Waals surface area contributed by atoms with Crippen LogP contribution in [0.2, 0.25) is 5.02 Å². The van der Waals surface area contributed by atoms with Gasteiger partial charge in [0, 0.05) is 19.1 Å². The molecule has 2 rings (SSSR count). The van der Waals surface area contributed by atoms with Crippen molar-refractivity contribution >= 4 is 29.9 Å². The van der Waals surface area contributed by atoms with Crippen LogP contribution in [0.1, 0.15) is 16.8 Å². The molecule has 88 valence electrons. The van der Waals surface area contributed by atoms with E-state index in [1.807, 2.05) is 12.1 Å². The zero-order chi connectivity index (χ0) is 10.8. The fraction of sp³-hybridized carbons (Fsp3) is 0.364. The molecule has 1 heterocycles. The summed E-state index contributed by atoms with van der Waals surface area (Å²) in [5.74, 6) is -0.0199. The molecule has 16 heavy (non-hydrogen) atoms. The van der Waals surface area contributed by atoms with E-state index < -0.39 is 0 Å². The monoisotopic (exact) mass is 260 g/mol. The van der Waals surface area contributed by atoms with E-state index in [-0.39, 0.29) is 24.4 Å². The maximum absolute atomic E-state index is 12.0. The number of rotatable bonds is 1. The third kappa shape index (κ3) is 2.67. The number of carbonyl (C=O) groups is 1. The molecule has 1 aromatic rings. The van der Waals surface area contributed by atoms with E-state index in [4.69, 9.17) is 17.3 Å². The van der Waals surface area contributed by atoms with Crippen LogP contribution in [0, 0.1) is 0 Å². The molecule has 1 fully saturated rings. The number of halogens is 2. The van der Waals surface area contributed by atoms with Crippen molar-refractivity contribution < 1.29 is 4.79 Å². The third-order valence-corrected chi connectivity index (χ3v) is 2.95. The molecule has 1 amide bonds. The highest BCUT2D eigenvalue weighted by molar-refractivity contribution is 6.33. The van der Waals surface area contributed by atoms with E-state index in [0.717, 1.165) is 13.0 Å². The van der Waals surface area contributed by atoms with Crippen molar-refractivity contribution in [1.29, 1.82) is 0 Å². The zero-order valence-electron chi connectivity index (χ0n) is 8.73. The number of nitrogens with two attached hydrogens (primary N) is 1. The molecule has 1 aliphatic heterocycles. The van der Waals surface area contributed by atoms with E-state index in [2.05, 4.69) is 0 Å². The van der Waals surface area contributed by atoms with Gasteiger partial charge in [-0.1, -0.05) is 23.7 Å². The summed E-state index contributed by atoms with van der Waals surface area (Å²) in [5.41, 5.74) is 6.32. The molecule has 2 N–H and O–H groups in total. The Morgan fingerprint density at radius 2 is 2.12 bits per heavy atom. The minimum Gasteiger partial charge on any atom is -0.337 e. The minimum absolute atomic E-state index is 0. The number of amides is 1. The molecule has 1 aliphatic rings. The average Bonchev–Trinajstić information content (AvgIpc) is 2.65. The highest BCUT2D eigenvalue weighted by Crippen LogP contribution is 2.19. The molecule has 0 aromatic heterocycles. The number of hydrogen-bond donors (Lipinski definition) is 1. The SMILES string of the molecule is Cl.NC1CCN(C(=O)c2ccccc2Cl)C1. The topological polar surface area (TPSA) is 46.3 Å². The van der Waals surface area contributed by atoms with Gasteiger partial charge in [0.25, 0.3) is 5.91 Å². The molecule has 1 atom stereocenters. The second-order valence-corrected chi connectivity index (χ2v) is 4.19. The maximum Gasteiger partial charge on any atom is 0.255 e. The van der Waals surface area contributed by atoms with E-state index in [9.17, 15) is 4.79 Å². The summed E-state index contributed by atoms with van der Waals surface area (Å²) < 4.78 is 0. The second kappa shape index (κ2) is 5.53. The van der Waals surface area contributed by atoms with E-state index in [1.165, 1.54) is 0 Å². The Hall–Kier alpha value is -0.770. The van der Waals surface area contributed by atoms with Gasteiger partial charge in [0.05, 0.1) is 10.6 Å². The summed E-state index contributed by atoms with van der Waals surface area (Å²) in [4.78, 5) is 13.8. The minimum atomic E-state index is -0.0199. The maximum atomic E-state index is 12.0. The Kier molecular flexibility index (Phi) is 4.59. The summed E-state index contributed by atoms with van der Waals surface area (Å²) in [6, 6.07) is 7.21. The van der Waals surface area contributed by atoms with Crippen molar-refractivity contribution in [2.24, 2.45) is 5.73 Å².